The second-order valence-corrected chi connectivity index (χ2v) is 6.36. The van der Waals surface area contributed by atoms with Gasteiger partial charge in [-0.15, -0.1) is 0 Å². The summed E-state index contributed by atoms with van der Waals surface area (Å²) in [5.41, 5.74) is 2.77. The third kappa shape index (κ3) is 2.20. The minimum atomic E-state index is 0.268. The van der Waals surface area contributed by atoms with Crippen LogP contribution in [0, 0.1) is 25.7 Å². The van der Waals surface area contributed by atoms with Crippen LogP contribution in [0.4, 0.5) is 0 Å². The van der Waals surface area contributed by atoms with Crippen molar-refractivity contribution >= 4 is 5.78 Å². The molecule has 1 aliphatic heterocycles. The largest absolute Gasteiger partial charge is 0.313 e. The summed E-state index contributed by atoms with van der Waals surface area (Å²) in [5, 5.41) is 8.04. The summed E-state index contributed by atoms with van der Waals surface area (Å²) < 4.78 is 1.93. The van der Waals surface area contributed by atoms with Gasteiger partial charge in [0.15, 0.2) is 5.78 Å². The predicted molar refractivity (Wildman–Crippen MR) is 78.9 cm³/mol. The molecular weight excluding hydrogens is 250 g/mol. The highest BCUT2D eigenvalue weighted by Crippen LogP contribution is 2.39. The van der Waals surface area contributed by atoms with E-state index in [0.29, 0.717) is 12.5 Å². The number of nitrogens with one attached hydrogen (secondary N) is 1. The zero-order valence-corrected chi connectivity index (χ0v) is 12.8. The first-order chi connectivity index (χ1) is 9.61. The van der Waals surface area contributed by atoms with E-state index < -0.39 is 0 Å². The van der Waals surface area contributed by atoms with Crippen molar-refractivity contribution in [3.63, 3.8) is 0 Å². The monoisotopic (exact) mass is 275 g/mol. The Morgan fingerprint density at radius 1 is 1.40 bits per heavy atom. The van der Waals surface area contributed by atoms with Crippen LogP contribution in [0.25, 0.3) is 0 Å². The SMILES string of the molecule is CCn1nc(C)c(C(=O)CC2NCC3CCCC32)c1C. The molecule has 20 heavy (non-hydrogen) atoms. The van der Waals surface area contributed by atoms with Crippen molar-refractivity contribution in [3.05, 3.63) is 17.0 Å². The third-order valence-electron chi connectivity index (χ3n) is 5.24. The Bertz CT molecular complexity index is 520. The molecule has 2 fully saturated rings. The number of nitrogens with zero attached hydrogens (tertiary/aromatic N) is 2. The highest BCUT2D eigenvalue weighted by molar-refractivity contribution is 5.98. The third-order valence-corrected chi connectivity index (χ3v) is 5.24. The van der Waals surface area contributed by atoms with Crippen LogP contribution < -0.4 is 5.32 Å². The maximum atomic E-state index is 12.7. The van der Waals surface area contributed by atoms with E-state index in [2.05, 4.69) is 17.3 Å². The van der Waals surface area contributed by atoms with Crippen LogP contribution in [-0.2, 0) is 6.54 Å². The molecule has 1 saturated carbocycles. The van der Waals surface area contributed by atoms with E-state index in [-0.39, 0.29) is 5.78 Å². The van der Waals surface area contributed by atoms with Gasteiger partial charge in [-0.2, -0.15) is 5.10 Å². The van der Waals surface area contributed by atoms with Gasteiger partial charge in [0.2, 0.25) is 0 Å². The summed E-state index contributed by atoms with van der Waals surface area (Å²) in [4.78, 5) is 12.7. The van der Waals surface area contributed by atoms with E-state index in [4.69, 9.17) is 0 Å². The summed E-state index contributed by atoms with van der Waals surface area (Å²) in [5.74, 6) is 1.80. The van der Waals surface area contributed by atoms with Crippen molar-refractivity contribution in [2.75, 3.05) is 6.54 Å². The number of hydrogen-bond acceptors (Lipinski definition) is 3. The number of fused-ring (bicyclic) bond motifs is 1. The first-order valence-electron chi connectivity index (χ1n) is 7.92. The quantitative estimate of drug-likeness (QED) is 0.859. The first kappa shape index (κ1) is 13.8. The second kappa shape index (κ2) is 5.32. The zero-order valence-electron chi connectivity index (χ0n) is 12.8. The van der Waals surface area contributed by atoms with E-state index in [1.54, 1.807) is 0 Å². The normalized spacial score (nSPS) is 28.9. The smallest absolute Gasteiger partial charge is 0.168 e. The van der Waals surface area contributed by atoms with Crippen molar-refractivity contribution in [2.45, 2.75) is 59.0 Å². The van der Waals surface area contributed by atoms with Gasteiger partial charge in [0, 0.05) is 24.7 Å². The number of carbonyl (C=O) groups excluding carboxylic acids is 1. The fraction of sp³-hybridized carbons (Fsp3) is 0.750. The van der Waals surface area contributed by atoms with Gasteiger partial charge in [0.1, 0.15) is 0 Å². The van der Waals surface area contributed by atoms with Gasteiger partial charge in [-0.3, -0.25) is 9.48 Å². The lowest BCUT2D eigenvalue weighted by molar-refractivity contribution is 0.0962. The van der Waals surface area contributed by atoms with Gasteiger partial charge in [0.05, 0.1) is 11.3 Å². The summed E-state index contributed by atoms with van der Waals surface area (Å²) in [6.07, 6.45) is 4.61. The fourth-order valence-corrected chi connectivity index (χ4v) is 4.24. The predicted octanol–water partition coefficient (Wildman–Crippen LogP) is 2.48. The molecule has 0 spiro atoms. The number of ketones is 1. The Kier molecular flexibility index (Phi) is 3.67. The number of Topliss-reactive ketones (excluding diaryl/α,β-unsaturated/α-hetero) is 1. The van der Waals surface area contributed by atoms with E-state index in [1.807, 2.05) is 18.5 Å². The number of aromatic nitrogens is 2. The van der Waals surface area contributed by atoms with Gasteiger partial charge in [-0.1, -0.05) is 6.42 Å². The Morgan fingerprint density at radius 3 is 2.90 bits per heavy atom. The van der Waals surface area contributed by atoms with Crippen molar-refractivity contribution in [1.82, 2.24) is 15.1 Å². The standard InChI is InChI=1S/C16H25N3O/c1-4-19-11(3)16(10(2)18-19)15(20)8-14-13-7-5-6-12(13)9-17-14/h12-14,17H,4-9H2,1-3H3. The highest BCUT2D eigenvalue weighted by atomic mass is 16.1. The zero-order chi connectivity index (χ0) is 14.3. The lowest BCUT2D eigenvalue weighted by Crippen LogP contribution is -2.29. The molecule has 110 valence electrons. The Labute approximate surface area is 120 Å². The average molecular weight is 275 g/mol. The second-order valence-electron chi connectivity index (χ2n) is 6.36. The molecule has 2 heterocycles. The molecule has 3 unspecified atom stereocenters. The fourth-order valence-electron chi connectivity index (χ4n) is 4.24. The van der Waals surface area contributed by atoms with Crippen molar-refractivity contribution in [3.8, 4) is 0 Å². The molecule has 1 aromatic heterocycles. The van der Waals surface area contributed by atoms with Crippen LogP contribution in [0.15, 0.2) is 0 Å². The van der Waals surface area contributed by atoms with Gasteiger partial charge in [0.25, 0.3) is 0 Å². The number of carbonyl (C=O) groups is 1. The van der Waals surface area contributed by atoms with Crippen LogP contribution in [-0.4, -0.2) is 28.2 Å². The molecule has 2 aliphatic rings. The van der Waals surface area contributed by atoms with E-state index in [9.17, 15) is 4.79 Å². The maximum absolute atomic E-state index is 12.7. The number of aryl methyl sites for hydroxylation is 2. The van der Waals surface area contributed by atoms with Crippen LogP contribution in [0.3, 0.4) is 0 Å². The number of hydrogen-bond donors (Lipinski definition) is 1. The molecule has 4 heteroatoms. The Morgan fingerprint density at radius 2 is 2.20 bits per heavy atom. The topological polar surface area (TPSA) is 46.9 Å². The van der Waals surface area contributed by atoms with Crippen LogP contribution in [0.5, 0.6) is 0 Å². The molecule has 0 amide bonds. The highest BCUT2D eigenvalue weighted by Gasteiger charge is 2.39. The van der Waals surface area contributed by atoms with Gasteiger partial charge >= 0.3 is 0 Å². The summed E-state index contributed by atoms with van der Waals surface area (Å²) in [7, 11) is 0. The molecule has 3 atom stereocenters. The minimum absolute atomic E-state index is 0.268. The molecule has 1 N–H and O–H groups in total. The molecule has 1 aliphatic carbocycles. The number of rotatable bonds is 4. The average Bonchev–Trinajstić information content (AvgIpc) is 3.06. The van der Waals surface area contributed by atoms with Gasteiger partial charge in [-0.05, 0) is 52.0 Å². The van der Waals surface area contributed by atoms with Crippen LogP contribution in [0.2, 0.25) is 0 Å². The van der Waals surface area contributed by atoms with Crippen molar-refractivity contribution < 1.29 is 4.79 Å². The van der Waals surface area contributed by atoms with Crippen molar-refractivity contribution in [2.24, 2.45) is 11.8 Å². The van der Waals surface area contributed by atoms with E-state index >= 15 is 0 Å². The van der Waals surface area contributed by atoms with Crippen LogP contribution in [0.1, 0.15) is 54.4 Å². The van der Waals surface area contributed by atoms with Crippen LogP contribution >= 0.6 is 0 Å². The first-order valence-corrected chi connectivity index (χ1v) is 7.92. The Balaban J connectivity index is 1.75. The van der Waals surface area contributed by atoms with E-state index in [0.717, 1.165) is 41.9 Å². The molecular formula is C16H25N3O. The summed E-state index contributed by atoms with van der Waals surface area (Å²) >= 11 is 0. The molecule has 1 aromatic rings. The Hall–Kier alpha value is -1.16. The lowest BCUT2D eigenvalue weighted by Gasteiger charge is -2.17. The van der Waals surface area contributed by atoms with Crippen molar-refractivity contribution in [1.29, 1.82) is 0 Å². The molecule has 1 saturated heterocycles. The van der Waals surface area contributed by atoms with Gasteiger partial charge < -0.3 is 5.32 Å². The lowest BCUT2D eigenvalue weighted by atomic mass is 9.89. The molecule has 0 bridgehead atoms. The molecule has 0 radical (unpaired) electrons. The minimum Gasteiger partial charge on any atom is -0.313 e. The molecule has 0 aromatic carbocycles. The maximum Gasteiger partial charge on any atom is 0.168 e. The van der Waals surface area contributed by atoms with E-state index in [1.165, 1.54) is 19.3 Å². The van der Waals surface area contributed by atoms with Gasteiger partial charge in [-0.25, -0.2) is 0 Å². The summed E-state index contributed by atoms with van der Waals surface area (Å²) in [6.45, 7) is 7.96. The molecule has 3 rings (SSSR count). The summed E-state index contributed by atoms with van der Waals surface area (Å²) in [6, 6.07) is 0.388. The molecule has 4 nitrogen and oxygen atoms in total.